The fourth-order valence-corrected chi connectivity index (χ4v) is 4.62. The number of carbonyl (C=O) groups excluding carboxylic acids is 3. The van der Waals surface area contributed by atoms with Gasteiger partial charge in [-0.2, -0.15) is 0 Å². The SMILES string of the molecule is CCCCCCC(C)/C=C(C)/C=C/C(=O)N[C@H]1CC2(C=C(Cl)C(=O)C(Cl)=C2)O[C@H]1OC(C)=O. The highest BCUT2D eigenvalue weighted by molar-refractivity contribution is 6.55. The zero-order valence-corrected chi connectivity index (χ0v) is 21.2. The van der Waals surface area contributed by atoms with Crippen molar-refractivity contribution in [3.05, 3.63) is 46.0 Å². The standard InChI is InChI=1S/C25H33Cl2NO5/c1-5-6-7-8-9-16(2)12-17(3)10-11-22(30)28-21-15-25(33-24(21)32-18(4)29)13-19(26)23(31)20(27)14-25/h10-14,16,21,24H,5-9,15H2,1-4H3,(H,28,30)/b11-10+,17-12+/t16?,21-,24+/m0/s1. The highest BCUT2D eigenvalue weighted by atomic mass is 35.5. The van der Waals surface area contributed by atoms with Gasteiger partial charge in [0.2, 0.25) is 18.0 Å². The Hall–Kier alpha value is -1.89. The molecule has 0 aromatic carbocycles. The number of ketones is 1. The van der Waals surface area contributed by atoms with Crippen LogP contribution in [0, 0.1) is 5.92 Å². The Kier molecular flexibility index (Phi) is 10.4. The van der Waals surface area contributed by atoms with E-state index in [2.05, 4.69) is 25.2 Å². The summed E-state index contributed by atoms with van der Waals surface area (Å²) in [5.41, 5.74) is -0.147. The number of allylic oxidation sites excluding steroid dienone is 5. The molecular weight excluding hydrogens is 465 g/mol. The zero-order valence-electron chi connectivity index (χ0n) is 19.7. The molecule has 2 rings (SSSR count). The quantitative estimate of drug-likeness (QED) is 0.187. The van der Waals surface area contributed by atoms with Gasteiger partial charge in [0.15, 0.2) is 0 Å². The van der Waals surface area contributed by atoms with Crippen LogP contribution in [0.15, 0.2) is 46.0 Å². The molecule has 1 saturated heterocycles. The summed E-state index contributed by atoms with van der Waals surface area (Å²) >= 11 is 12.0. The minimum absolute atomic E-state index is 0.0828. The summed E-state index contributed by atoms with van der Waals surface area (Å²) in [5, 5.41) is 2.65. The lowest BCUT2D eigenvalue weighted by Crippen LogP contribution is -2.41. The average Bonchev–Trinajstić information content (AvgIpc) is 3.03. The van der Waals surface area contributed by atoms with Crippen molar-refractivity contribution in [2.45, 2.75) is 84.2 Å². The van der Waals surface area contributed by atoms with Gasteiger partial charge in [-0.1, -0.05) is 80.5 Å². The molecule has 0 bridgehead atoms. The van der Waals surface area contributed by atoms with Crippen LogP contribution in [0.4, 0.5) is 0 Å². The van der Waals surface area contributed by atoms with Gasteiger partial charge in [0, 0.05) is 19.4 Å². The summed E-state index contributed by atoms with van der Waals surface area (Å²) in [4.78, 5) is 36.0. The van der Waals surface area contributed by atoms with Crippen molar-refractivity contribution < 1.29 is 23.9 Å². The largest absolute Gasteiger partial charge is 0.434 e. The second-order valence-corrected chi connectivity index (χ2v) is 9.57. The molecule has 0 saturated carbocycles. The van der Waals surface area contributed by atoms with E-state index in [1.807, 2.05) is 6.92 Å². The molecule has 2 aliphatic rings. The van der Waals surface area contributed by atoms with Gasteiger partial charge in [-0.05, 0) is 31.4 Å². The third-order valence-electron chi connectivity index (χ3n) is 5.55. The van der Waals surface area contributed by atoms with Crippen molar-refractivity contribution in [2.75, 3.05) is 0 Å². The van der Waals surface area contributed by atoms with Crippen molar-refractivity contribution in [2.24, 2.45) is 5.92 Å². The van der Waals surface area contributed by atoms with Gasteiger partial charge in [-0.15, -0.1) is 0 Å². The van der Waals surface area contributed by atoms with E-state index in [9.17, 15) is 14.4 Å². The molecule has 8 heteroatoms. The van der Waals surface area contributed by atoms with E-state index >= 15 is 0 Å². The maximum atomic E-state index is 12.6. The van der Waals surface area contributed by atoms with Crippen LogP contribution >= 0.6 is 23.2 Å². The lowest BCUT2D eigenvalue weighted by atomic mass is 9.92. The number of esters is 1. The molecule has 0 radical (unpaired) electrons. The molecule has 6 nitrogen and oxygen atoms in total. The fourth-order valence-electron chi connectivity index (χ4n) is 4.00. The predicted molar refractivity (Wildman–Crippen MR) is 130 cm³/mol. The topological polar surface area (TPSA) is 81.7 Å². The Morgan fingerprint density at radius 2 is 1.88 bits per heavy atom. The minimum Gasteiger partial charge on any atom is -0.434 e. The van der Waals surface area contributed by atoms with E-state index in [0.717, 1.165) is 12.0 Å². The lowest BCUT2D eigenvalue weighted by Gasteiger charge is -2.25. The van der Waals surface area contributed by atoms with Crippen molar-refractivity contribution in [1.29, 1.82) is 0 Å². The predicted octanol–water partition coefficient (Wildman–Crippen LogP) is 5.46. The third kappa shape index (κ3) is 8.43. The van der Waals surface area contributed by atoms with Crippen LogP contribution in [0.5, 0.6) is 0 Å². The maximum Gasteiger partial charge on any atom is 0.305 e. The molecule has 1 fully saturated rings. The zero-order chi connectivity index (χ0) is 24.6. The van der Waals surface area contributed by atoms with Gasteiger partial charge in [0.05, 0.1) is 16.1 Å². The third-order valence-corrected chi connectivity index (χ3v) is 6.11. The molecular formula is C25H33Cl2NO5. The summed E-state index contributed by atoms with van der Waals surface area (Å²) in [6.07, 6.45) is 13.4. The smallest absolute Gasteiger partial charge is 0.305 e. The van der Waals surface area contributed by atoms with Gasteiger partial charge >= 0.3 is 5.97 Å². The molecule has 0 aromatic rings. The van der Waals surface area contributed by atoms with E-state index in [1.165, 1.54) is 50.8 Å². The van der Waals surface area contributed by atoms with Gasteiger partial charge in [0.1, 0.15) is 5.60 Å². The first-order valence-corrected chi connectivity index (χ1v) is 12.1. The summed E-state index contributed by atoms with van der Waals surface area (Å²) < 4.78 is 11.1. The first-order chi connectivity index (χ1) is 15.5. The molecule has 1 aliphatic heterocycles. The highest BCUT2D eigenvalue weighted by Crippen LogP contribution is 2.40. The van der Waals surface area contributed by atoms with Crippen molar-refractivity contribution >= 4 is 40.9 Å². The highest BCUT2D eigenvalue weighted by Gasteiger charge is 2.48. The first kappa shape index (κ1) is 27.4. The van der Waals surface area contributed by atoms with Crippen LogP contribution in [0.1, 0.15) is 66.2 Å². The Morgan fingerprint density at radius 3 is 2.48 bits per heavy atom. The van der Waals surface area contributed by atoms with Crippen LogP contribution in [-0.4, -0.2) is 35.6 Å². The van der Waals surface area contributed by atoms with Gasteiger partial charge in [-0.3, -0.25) is 14.4 Å². The normalized spacial score (nSPS) is 23.5. The van der Waals surface area contributed by atoms with Crippen molar-refractivity contribution in [1.82, 2.24) is 5.32 Å². The van der Waals surface area contributed by atoms with Crippen LogP contribution in [0.25, 0.3) is 0 Å². The van der Waals surface area contributed by atoms with Crippen LogP contribution < -0.4 is 5.32 Å². The molecule has 1 heterocycles. The lowest BCUT2D eigenvalue weighted by molar-refractivity contribution is -0.179. The van der Waals surface area contributed by atoms with E-state index in [4.69, 9.17) is 32.7 Å². The van der Waals surface area contributed by atoms with Crippen molar-refractivity contribution in [3.63, 3.8) is 0 Å². The second-order valence-electron chi connectivity index (χ2n) is 8.75. The Bertz CT molecular complexity index is 852. The Morgan fingerprint density at radius 1 is 1.21 bits per heavy atom. The number of rotatable bonds is 10. The monoisotopic (exact) mass is 497 g/mol. The molecule has 1 aliphatic carbocycles. The molecule has 1 N–H and O–H groups in total. The molecule has 1 unspecified atom stereocenters. The molecule has 33 heavy (non-hydrogen) atoms. The number of halogens is 2. The number of unbranched alkanes of at least 4 members (excludes halogenated alkanes) is 3. The van der Waals surface area contributed by atoms with Gasteiger partial charge in [0.25, 0.3) is 0 Å². The second kappa shape index (κ2) is 12.5. The maximum absolute atomic E-state index is 12.6. The molecule has 182 valence electrons. The Labute approximate surface area is 206 Å². The molecule has 0 aromatic heterocycles. The van der Waals surface area contributed by atoms with Gasteiger partial charge in [-0.25, -0.2) is 0 Å². The van der Waals surface area contributed by atoms with Gasteiger partial charge < -0.3 is 14.8 Å². The van der Waals surface area contributed by atoms with E-state index in [0.29, 0.717) is 5.92 Å². The number of nitrogens with one attached hydrogen (secondary N) is 1. The Balaban J connectivity index is 2.02. The summed E-state index contributed by atoms with van der Waals surface area (Å²) in [5.74, 6) is -0.976. The number of ether oxygens (including phenoxy) is 2. The molecule has 1 spiro atoms. The van der Waals surface area contributed by atoms with Crippen LogP contribution in [0.2, 0.25) is 0 Å². The van der Waals surface area contributed by atoms with E-state index in [-0.39, 0.29) is 22.4 Å². The van der Waals surface area contributed by atoms with Crippen molar-refractivity contribution in [3.8, 4) is 0 Å². The number of hydrogen-bond acceptors (Lipinski definition) is 5. The number of carbonyl (C=O) groups is 3. The summed E-state index contributed by atoms with van der Waals surface area (Å²) in [7, 11) is 0. The molecule has 1 amide bonds. The minimum atomic E-state index is -1.15. The number of Topliss-reactive ketones (excluding diaryl/α,β-unsaturated/α-hetero) is 1. The summed E-state index contributed by atoms with van der Waals surface area (Å²) in [6, 6.07) is -0.650. The molecule has 3 atom stereocenters. The summed E-state index contributed by atoms with van der Waals surface area (Å²) in [6.45, 7) is 7.58. The number of hydrogen-bond donors (Lipinski definition) is 1. The number of amides is 1. The average molecular weight is 498 g/mol. The first-order valence-electron chi connectivity index (χ1n) is 11.4. The fraction of sp³-hybridized carbons (Fsp3) is 0.560. The van der Waals surface area contributed by atoms with E-state index < -0.39 is 29.7 Å². The van der Waals surface area contributed by atoms with E-state index in [1.54, 1.807) is 6.08 Å². The van der Waals surface area contributed by atoms with Crippen LogP contribution in [0.3, 0.4) is 0 Å². The van der Waals surface area contributed by atoms with Crippen LogP contribution in [-0.2, 0) is 23.9 Å².